The summed E-state index contributed by atoms with van der Waals surface area (Å²) in [7, 11) is 1.63. The second-order valence-electron chi connectivity index (χ2n) is 5.69. The Morgan fingerprint density at radius 3 is 3.04 bits per heavy atom. The van der Waals surface area contributed by atoms with E-state index in [-0.39, 0.29) is 18.1 Å². The third kappa shape index (κ3) is 3.47. The lowest BCUT2D eigenvalue weighted by Gasteiger charge is -2.31. The standard InChI is InChI=1S/C17H19ClN2O3/c1-10-7-13(12-8-11(18)3-4-14(12)19-10)17(21)20-15-5-6-23-9-16(15)22-2/h3-4,7-8,15-16H,5-6,9H2,1-2H3,(H,20,21)/t15-,16-/m1/s1. The van der Waals surface area contributed by atoms with Crippen molar-refractivity contribution in [2.45, 2.75) is 25.5 Å². The molecule has 0 unspecified atom stereocenters. The molecule has 0 saturated carbocycles. The van der Waals surface area contributed by atoms with Crippen LogP contribution in [0.1, 0.15) is 22.5 Å². The Morgan fingerprint density at radius 1 is 1.43 bits per heavy atom. The minimum Gasteiger partial charge on any atom is -0.379 e. The van der Waals surface area contributed by atoms with Crippen LogP contribution in [0.3, 0.4) is 0 Å². The molecule has 1 aromatic carbocycles. The molecule has 1 amide bonds. The fraction of sp³-hybridized carbons (Fsp3) is 0.412. The van der Waals surface area contributed by atoms with E-state index in [2.05, 4.69) is 10.3 Å². The van der Waals surface area contributed by atoms with Gasteiger partial charge in [-0.15, -0.1) is 0 Å². The van der Waals surface area contributed by atoms with Gasteiger partial charge in [0.1, 0.15) is 6.10 Å². The Hall–Kier alpha value is -1.69. The van der Waals surface area contributed by atoms with Gasteiger partial charge in [0, 0.05) is 29.8 Å². The average molecular weight is 335 g/mol. The number of nitrogens with zero attached hydrogens (tertiary/aromatic N) is 1. The number of benzene rings is 1. The second-order valence-corrected chi connectivity index (χ2v) is 6.13. The van der Waals surface area contributed by atoms with Gasteiger partial charge in [-0.2, -0.15) is 0 Å². The van der Waals surface area contributed by atoms with Crippen LogP contribution in [0.15, 0.2) is 24.3 Å². The topological polar surface area (TPSA) is 60.5 Å². The summed E-state index contributed by atoms with van der Waals surface area (Å²) >= 11 is 6.08. The van der Waals surface area contributed by atoms with E-state index in [9.17, 15) is 4.79 Å². The highest BCUT2D eigenvalue weighted by Crippen LogP contribution is 2.23. The lowest BCUT2D eigenvalue weighted by Crippen LogP contribution is -2.49. The van der Waals surface area contributed by atoms with E-state index in [1.54, 1.807) is 25.3 Å². The molecule has 0 spiro atoms. The van der Waals surface area contributed by atoms with Gasteiger partial charge in [0.05, 0.1) is 23.7 Å². The first kappa shape index (κ1) is 16.2. The van der Waals surface area contributed by atoms with E-state index in [0.717, 1.165) is 23.0 Å². The summed E-state index contributed by atoms with van der Waals surface area (Å²) in [5, 5.41) is 4.39. The lowest BCUT2D eigenvalue weighted by molar-refractivity contribution is -0.0479. The Morgan fingerprint density at radius 2 is 2.26 bits per heavy atom. The first-order valence-corrected chi connectivity index (χ1v) is 7.94. The number of amides is 1. The summed E-state index contributed by atoms with van der Waals surface area (Å²) in [5.41, 5.74) is 2.13. The van der Waals surface area contributed by atoms with Crippen molar-refractivity contribution in [2.75, 3.05) is 20.3 Å². The van der Waals surface area contributed by atoms with Crippen molar-refractivity contribution in [3.05, 3.63) is 40.5 Å². The quantitative estimate of drug-likeness (QED) is 0.937. The van der Waals surface area contributed by atoms with E-state index >= 15 is 0 Å². The summed E-state index contributed by atoms with van der Waals surface area (Å²) in [6.07, 6.45) is 0.595. The number of hydrogen-bond acceptors (Lipinski definition) is 4. The number of carbonyl (C=O) groups is 1. The van der Waals surface area contributed by atoms with Crippen molar-refractivity contribution in [2.24, 2.45) is 0 Å². The number of halogens is 1. The van der Waals surface area contributed by atoms with Gasteiger partial charge < -0.3 is 14.8 Å². The van der Waals surface area contributed by atoms with Gasteiger partial charge in [-0.05, 0) is 37.6 Å². The van der Waals surface area contributed by atoms with Crippen LogP contribution < -0.4 is 5.32 Å². The zero-order valence-electron chi connectivity index (χ0n) is 13.1. The maximum atomic E-state index is 12.8. The Bertz CT molecular complexity index is 735. The zero-order chi connectivity index (χ0) is 16.4. The Kier molecular flexibility index (Phi) is 4.80. The molecule has 122 valence electrons. The average Bonchev–Trinajstić information content (AvgIpc) is 2.55. The van der Waals surface area contributed by atoms with E-state index < -0.39 is 0 Å². The molecule has 1 fully saturated rings. The van der Waals surface area contributed by atoms with Crippen LogP contribution in [0.5, 0.6) is 0 Å². The number of methoxy groups -OCH3 is 1. The van der Waals surface area contributed by atoms with Crippen molar-refractivity contribution < 1.29 is 14.3 Å². The molecule has 6 heteroatoms. The predicted molar refractivity (Wildman–Crippen MR) is 89.0 cm³/mol. The van der Waals surface area contributed by atoms with E-state index in [4.69, 9.17) is 21.1 Å². The van der Waals surface area contributed by atoms with E-state index in [1.165, 1.54) is 0 Å². The normalized spacial score (nSPS) is 21.3. The molecule has 2 aromatic rings. The maximum absolute atomic E-state index is 12.8. The zero-order valence-corrected chi connectivity index (χ0v) is 13.9. The number of rotatable bonds is 3. The number of carbonyl (C=O) groups excluding carboxylic acids is 1. The monoisotopic (exact) mass is 334 g/mol. The summed E-state index contributed by atoms with van der Waals surface area (Å²) in [6, 6.07) is 7.10. The van der Waals surface area contributed by atoms with Crippen LogP contribution in [0, 0.1) is 6.92 Å². The van der Waals surface area contributed by atoms with E-state index in [1.807, 2.05) is 13.0 Å². The molecule has 0 aliphatic carbocycles. The van der Waals surface area contributed by atoms with Crippen molar-refractivity contribution in [1.82, 2.24) is 10.3 Å². The van der Waals surface area contributed by atoms with Gasteiger partial charge >= 0.3 is 0 Å². The molecular formula is C17H19ClN2O3. The van der Waals surface area contributed by atoms with Crippen molar-refractivity contribution in [3.8, 4) is 0 Å². The molecule has 1 aliphatic rings. The molecule has 23 heavy (non-hydrogen) atoms. The summed E-state index contributed by atoms with van der Waals surface area (Å²) in [6.45, 7) is 2.98. The molecule has 1 N–H and O–H groups in total. The lowest BCUT2D eigenvalue weighted by atomic mass is 10.0. The maximum Gasteiger partial charge on any atom is 0.252 e. The number of hydrogen-bond donors (Lipinski definition) is 1. The van der Waals surface area contributed by atoms with Gasteiger partial charge in [-0.3, -0.25) is 9.78 Å². The highest BCUT2D eigenvalue weighted by Gasteiger charge is 2.27. The molecule has 3 rings (SSSR count). The molecule has 2 atom stereocenters. The molecule has 1 saturated heterocycles. The first-order valence-electron chi connectivity index (χ1n) is 7.57. The first-order chi connectivity index (χ1) is 11.1. The number of aryl methyl sites for hydroxylation is 1. The highest BCUT2D eigenvalue weighted by atomic mass is 35.5. The minimum atomic E-state index is -0.142. The minimum absolute atomic E-state index is 0.0658. The van der Waals surface area contributed by atoms with Crippen LogP contribution in [0.25, 0.3) is 10.9 Å². The van der Waals surface area contributed by atoms with Crippen LogP contribution in [0.4, 0.5) is 0 Å². The van der Waals surface area contributed by atoms with Gasteiger partial charge in [-0.25, -0.2) is 0 Å². The van der Waals surface area contributed by atoms with Crippen LogP contribution in [0.2, 0.25) is 5.02 Å². The number of pyridine rings is 1. The molecule has 0 radical (unpaired) electrons. The SMILES string of the molecule is CO[C@@H]1COCC[C@H]1NC(=O)c1cc(C)nc2ccc(Cl)cc12. The largest absolute Gasteiger partial charge is 0.379 e. The highest BCUT2D eigenvalue weighted by molar-refractivity contribution is 6.31. The Labute approximate surface area is 139 Å². The van der Waals surface area contributed by atoms with Crippen molar-refractivity contribution in [3.63, 3.8) is 0 Å². The van der Waals surface area contributed by atoms with Crippen LogP contribution in [-0.2, 0) is 9.47 Å². The second kappa shape index (κ2) is 6.83. The van der Waals surface area contributed by atoms with Gasteiger partial charge in [0.15, 0.2) is 0 Å². The van der Waals surface area contributed by atoms with Gasteiger partial charge in [0.2, 0.25) is 0 Å². The fourth-order valence-corrected chi connectivity index (χ4v) is 3.05. The number of aromatic nitrogens is 1. The number of fused-ring (bicyclic) bond motifs is 1. The van der Waals surface area contributed by atoms with Crippen LogP contribution >= 0.6 is 11.6 Å². The molecule has 2 heterocycles. The molecule has 0 bridgehead atoms. The third-order valence-electron chi connectivity index (χ3n) is 4.07. The van der Waals surface area contributed by atoms with E-state index in [0.29, 0.717) is 23.8 Å². The summed E-state index contributed by atoms with van der Waals surface area (Å²) < 4.78 is 10.8. The molecule has 5 nitrogen and oxygen atoms in total. The summed E-state index contributed by atoms with van der Waals surface area (Å²) in [5.74, 6) is -0.142. The number of nitrogens with one attached hydrogen (secondary N) is 1. The fourth-order valence-electron chi connectivity index (χ4n) is 2.87. The molecular weight excluding hydrogens is 316 g/mol. The number of ether oxygens (including phenoxy) is 2. The Balaban J connectivity index is 1.92. The van der Waals surface area contributed by atoms with Gasteiger partial charge in [-0.1, -0.05) is 11.6 Å². The predicted octanol–water partition coefficient (Wildman–Crippen LogP) is 2.73. The van der Waals surface area contributed by atoms with Crippen LogP contribution in [-0.4, -0.2) is 43.4 Å². The van der Waals surface area contributed by atoms with Crippen molar-refractivity contribution in [1.29, 1.82) is 0 Å². The third-order valence-corrected chi connectivity index (χ3v) is 4.30. The van der Waals surface area contributed by atoms with Gasteiger partial charge in [0.25, 0.3) is 5.91 Å². The smallest absolute Gasteiger partial charge is 0.252 e. The molecule has 1 aromatic heterocycles. The van der Waals surface area contributed by atoms with Crippen molar-refractivity contribution >= 4 is 28.4 Å². The summed E-state index contributed by atoms with van der Waals surface area (Å²) in [4.78, 5) is 17.2. The molecule has 1 aliphatic heterocycles.